The molecule has 0 amide bonds. The van der Waals surface area contributed by atoms with Crippen molar-refractivity contribution >= 4 is 19.7 Å². The van der Waals surface area contributed by atoms with Crippen molar-refractivity contribution in [2.75, 3.05) is 0 Å². The van der Waals surface area contributed by atoms with Crippen molar-refractivity contribution in [1.29, 1.82) is 0 Å². The highest BCUT2D eigenvalue weighted by Crippen LogP contribution is 2.14. The molecule has 0 spiro atoms. The summed E-state index contributed by atoms with van der Waals surface area (Å²) in [6.07, 6.45) is 1.96. The lowest BCUT2D eigenvalue weighted by Crippen LogP contribution is -1.91. The summed E-state index contributed by atoms with van der Waals surface area (Å²) in [5.74, 6) is 0. The van der Waals surface area contributed by atoms with Gasteiger partial charge in [0.2, 0.25) is 0 Å². The lowest BCUT2D eigenvalue weighted by atomic mass is 10.4. The van der Waals surface area contributed by atoms with Crippen molar-refractivity contribution in [3.8, 4) is 0 Å². The molecule has 0 atom stereocenters. The molecule has 0 N–H and O–H groups in total. The minimum absolute atomic E-state index is 0.282. The SMILES string of the molecule is C/C=C(\CC)S(=O)(=O)Cl. The summed E-state index contributed by atoms with van der Waals surface area (Å²) < 4.78 is 21.0. The van der Waals surface area contributed by atoms with Crippen molar-refractivity contribution in [3.63, 3.8) is 0 Å². The van der Waals surface area contributed by atoms with Crippen molar-refractivity contribution < 1.29 is 8.42 Å². The summed E-state index contributed by atoms with van der Waals surface area (Å²) in [6.45, 7) is 3.40. The Morgan fingerprint density at radius 3 is 2.11 bits per heavy atom. The first-order valence-electron chi connectivity index (χ1n) is 2.62. The fourth-order valence-corrected chi connectivity index (χ4v) is 1.74. The zero-order chi connectivity index (χ0) is 7.49. The van der Waals surface area contributed by atoms with Gasteiger partial charge in [-0.1, -0.05) is 13.0 Å². The van der Waals surface area contributed by atoms with E-state index in [-0.39, 0.29) is 4.91 Å². The molecule has 0 aromatic rings. The number of rotatable bonds is 2. The van der Waals surface area contributed by atoms with Crippen LogP contribution in [0.5, 0.6) is 0 Å². The Hall–Kier alpha value is -0.0200. The van der Waals surface area contributed by atoms with Crippen LogP contribution in [0.2, 0.25) is 0 Å². The lowest BCUT2D eigenvalue weighted by molar-refractivity contribution is 0.613. The van der Waals surface area contributed by atoms with Gasteiger partial charge in [-0.25, -0.2) is 8.42 Å². The maximum atomic E-state index is 10.5. The maximum absolute atomic E-state index is 10.5. The largest absolute Gasteiger partial charge is 0.257 e. The topological polar surface area (TPSA) is 34.1 Å². The Morgan fingerprint density at radius 2 is 2.11 bits per heavy atom. The van der Waals surface area contributed by atoms with Gasteiger partial charge in [-0.05, 0) is 13.3 Å². The van der Waals surface area contributed by atoms with Gasteiger partial charge in [-0.3, -0.25) is 0 Å². The molecular formula is C5H9ClO2S. The van der Waals surface area contributed by atoms with Crippen molar-refractivity contribution in [1.82, 2.24) is 0 Å². The monoisotopic (exact) mass is 168 g/mol. The summed E-state index contributed by atoms with van der Waals surface area (Å²) >= 11 is 0. The summed E-state index contributed by atoms with van der Waals surface area (Å²) in [7, 11) is 1.57. The highest BCUT2D eigenvalue weighted by Gasteiger charge is 2.08. The molecule has 0 bridgehead atoms. The number of halogens is 1. The van der Waals surface area contributed by atoms with Crippen LogP contribution in [0, 0.1) is 0 Å². The van der Waals surface area contributed by atoms with Crippen LogP contribution in [0.15, 0.2) is 11.0 Å². The molecule has 54 valence electrons. The summed E-state index contributed by atoms with van der Waals surface area (Å²) in [4.78, 5) is 0.282. The molecule has 0 rings (SSSR count). The molecule has 2 nitrogen and oxygen atoms in total. The number of hydrogen-bond acceptors (Lipinski definition) is 2. The van der Waals surface area contributed by atoms with E-state index in [0.29, 0.717) is 6.42 Å². The predicted octanol–water partition coefficient (Wildman–Crippen LogP) is 1.87. The molecular weight excluding hydrogens is 160 g/mol. The van der Waals surface area contributed by atoms with E-state index in [0.717, 1.165) is 0 Å². The molecule has 0 aliphatic carbocycles. The molecule has 0 fully saturated rings. The van der Waals surface area contributed by atoms with Crippen LogP contribution in [-0.4, -0.2) is 8.42 Å². The first kappa shape index (κ1) is 8.98. The van der Waals surface area contributed by atoms with Crippen LogP contribution >= 0.6 is 10.7 Å². The molecule has 0 saturated carbocycles. The van der Waals surface area contributed by atoms with Crippen LogP contribution in [0.4, 0.5) is 0 Å². The third-order valence-electron chi connectivity index (χ3n) is 0.984. The smallest absolute Gasteiger partial charge is 0.207 e. The molecule has 0 aromatic heterocycles. The van der Waals surface area contributed by atoms with E-state index >= 15 is 0 Å². The minimum Gasteiger partial charge on any atom is -0.207 e. The summed E-state index contributed by atoms with van der Waals surface area (Å²) in [6, 6.07) is 0. The molecule has 0 aromatic carbocycles. The van der Waals surface area contributed by atoms with Gasteiger partial charge in [0.25, 0.3) is 9.05 Å². The lowest BCUT2D eigenvalue weighted by Gasteiger charge is -1.94. The van der Waals surface area contributed by atoms with E-state index in [2.05, 4.69) is 0 Å². The summed E-state index contributed by atoms with van der Waals surface area (Å²) in [5.41, 5.74) is 0. The molecule has 0 aliphatic heterocycles. The highest BCUT2D eigenvalue weighted by atomic mass is 35.7. The van der Waals surface area contributed by atoms with E-state index < -0.39 is 9.05 Å². The fraction of sp³-hybridized carbons (Fsp3) is 0.600. The minimum atomic E-state index is -3.43. The molecule has 0 radical (unpaired) electrons. The quantitative estimate of drug-likeness (QED) is 0.590. The molecule has 0 saturated heterocycles. The van der Waals surface area contributed by atoms with Gasteiger partial charge in [-0.15, -0.1) is 0 Å². The Balaban J connectivity index is 4.56. The van der Waals surface area contributed by atoms with E-state index in [1.807, 2.05) is 0 Å². The molecule has 0 heterocycles. The molecule has 0 unspecified atom stereocenters. The maximum Gasteiger partial charge on any atom is 0.257 e. The first-order chi connectivity index (χ1) is 4.02. The second-order valence-electron chi connectivity index (χ2n) is 1.55. The highest BCUT2D eigenvalue weighted by molar-refractivity contribution is 8.16. The normalized spacial score (nSPS) is 13.9. The van der Waals surface area contributed by atoms with Gasteiger partial charge in [0, 0.05) is 10.7 Å². The third kappa shape index (κ3) is 2.87. The van der Waals surface area contributed by atoms with Crippen LogP contribution in [-0.2, 0) is 9.05 Å². The molecule has 0 aliphatic rings. The Morgan fingerprint density at radius 1 is 1.67 bits per heavy atom. The Bertz CT molecular complexity index is 203. The first-order valence-corrected chi connectivity index (χ1v) is 4.93. The second-order valence-corrected chi connectivity index (χ2v) is 4.17. The van der Waals surface area contributed by atoms with Crippen LogP contribution in [0.1, 0.15) is 20.3 Å². The van der Waals surface area contributed by atoms with Gasteiger partial charge >= 0.3 is 0 Å². The van der Waals surface area contributed by atoms with Gasteiger partial charge in [0.05, 0.1) is 4.91 Å². The average Bonchev–Trinajstić information content (AvgIpc) is 1.65. The van der Waals surface area contributed by atoms with Gasteiger partial charge in [-0.2, -0.15) is 0 Å². The fourth-order valence-electron chi connectivity index (χ4n) is 0.517. The molecule has 4 heteroatoms. The van der Waals surface area contributed by atoms with Crippen molar-refractivity contribution in [3.05, 3.63) is 11.0 Å². The van der Waals surface area contributed by atoms with Gasteiger partial charge in [0.15, 0.2) is 0 Å². The van der Waals surface area contributed by atoms with Gasteiger partial charge in [0.1, 0.15) is 0 Å². The zero-order valence-electron chi connectivity index (χ0n) is 5.39. The zero-order valence-corrected chi connectivity index (χ0v) is 6.96. The summed E-state index contributed by atoms with van der Waals surface area (Å²) in [5, 5.41) is 0. The van der Waals surface area contributed by atoms with Crippen LogP contribution in [0.25, 0.3) is 0 Å². The van der Waals surface area contributed by atoms with E-state index in [9.17, 15) is 8.42 Å². The number of allylic oxidation sites excluding steroid dienone is 2. The average molecular weight is 169 g/mol. The van der Waals surface area contributed by atoms with Gasteiger partial charge < -0.3 is 0 Å². The Kier molecular flexibility index (Phi) is 3.22. The van der Waals surface area contributed by atoms with E-state index in [1.165, 1.54) is 6.08 Å². The van der Waals surface area contributed by atoms with Crippen LogP contribution in [0.3, 0.4) is 0 Å². The van der Waals surface area contributed by atoms with Crippen molar-refractivity contribution in [2.24, 2.45) is 0 Å². The van der Waals surface area contributed by atoms with Crippen LogP contribution < -0.4 is 0 Å². The van der Waals surface area contributed by atoms with E-state index in [1.54, 1.807) is 13.8 Å². The number of hydrogen-bond donors (Lipinski definition) is 0. The predicted molar refractivity (Wildman–Crippen MR) is 38.8 cm³/mol. The Labute approximate surface area is 59.9 Å². The molecule has 9 heavy (non-hydrogen) atoms. The van der Waals surface area contributed by atoms with Crippen molar-refractivity contribution in [2.45, 2.75) is 20.3 Å². The second kappa shape index (κ2) is 3.22. The van der Waals surface area contributed by atoms with E-state index in [4.69, 9.17) is 10.7 Å². The third-order valence-corrected chi connectivity index (χ3v) is 2.73. The standard InChI is InChI=1S/C5H9ClO2S/c1-3-5(4-2)9(6,7)8/h3H,4H2,1-2H3/b5-3+.